The van der Waals surface area contributed by atoms with Crippen LogP contribution in [0.15, 0.2) is 78.5 Å². The predicted octanol–water partition coefficient (Wildman–Crippen LogP) is 5.49. The van der Waals surface area contributed by atoms with Crippen LogP contribution in [-0.4, -0.2) is 23.7 Å². The Morgan fingerprint density at radius 3 is 2.84 bits per heavy atom. The van der Waals surface area contributed by atoms with Crippen LogP contribution in [0.25, 0.3) is 16.5 Å². The Hall–Kier alpha value is -3.53. The van der Waals surface area contributed by atoms with E-state index in [1.165, 1.54) is 11.1 Å². The first-order valence-corrected chi connectivity index (χ1v) is 10.7. The SMILES string of the molecule is C=CCNC(=O)c1cnc2ccc(C3(C)C=C(c4ccccc4CCC)C=N3)cc2c1. The van der Waals surface area contributed by atoms with Crippen LogP contribution < -0.4 is 5.32 Å². The predicted molar refractivity (Wildman–Crippen MR) is 129 cm³/mol. The van der Waals surface area contributed by atoms with Crippen LogP contribution in [0.4, 0.5) is 0 Å². The van der Waals surface area contributed by atoms with E-state index < -0.39 is 5.54 Å². The van der Waals surface area contributed by atoms with Gasteiger partial charge in [0.2, 0.25) is 0 Å². The highest BCUT2D eigenvalue weighted by Gasteiger charge is 2.28. The molecular formula is C27H27N3O. The van der Waals surface area contributed by atoms with Gasteiger partial charge in [-0.2, -0.15) is 0 Å². The minimum Gasteiger partial charge on any atom is -0.349 e. The fourth-order valence-corrected chi connectivity index (χ4v) is 4.01. The van der Waals surface area contributed by atoms with Gasteiger partial charge in [-0.3, -0.25) is 14.8 Å². The number of allylic oxidation sites excluding steroid dienone is 1. The molecule has 0 spiro atoms. The maximum absolute atomic E-state index is 12.3. The molecule has 156 valence electrons. The van der Waals surface area contributed by atoms with Gasteiger partial charge in [-0.05, 0) is 59.9 Å². The lowest BCUT2D eigenvalue weighted by atomic mass is 9.89. The molecule has 1 aromatic heterocycles. The molecule has 2 heterocycles. The van der Waals surface area contributed by atoms with Crippen molar-refractivity contribution >= 4 is 28.6 Å². The number of aryl methyl sites for hydroxylation is 1. The van der Waals surface area contributed by atoms with Crippen LogP contribution in [0.3, 0.4) is 0 Å². The molecule has 0 saturated heterocycles. The summed E-state index contributed by atoms with van der Waals surface area (Å²) < 4.78 is 0. The van der Waals surface area contributed by atoms with E-state index in [1.807, 2.05) is 18.3 Å². The van der Waals surface area contributed by atoms with Gasteiger partial charge in [-0.15, -0.1) is 6.58 Å². The van der Waals surface area contributed by atoms with E-state index in [2.05, 4.69) is 73.2 Å². The van der Waals surface area contributed by atoms with Crippen molar-refractivity contribution in [3.8, 4) is 0 Å². The number of nitrogens with one attached hydrogen (secondary N) is 1. The Kier molecular flexibility index (Phi) is 5.81. The maximum atomic E-state index is 12.3. The minimum atomic E-state index is -0.454. The summed E-state index contributed by atoms with van der Waals surface area (Å²) >= 11 is 0. The van der Waals surface area contributed by atoms with Gasteiger partial charge in [0.25, 0.3) is 5.91 Å². The Bertz CT molecular complexity index is 1210. The van der Waals surface area contributed by atoms with E-state index in [4.69, 9.17) is 4.99 Å². The number of aliphatic imine (C=N–C) groups is 1. The number of pyridine rings is 1. The van der Waals surface area contributed by atoms with Crippen molar-refractivity contribution in [1.82, 2.24) is 10.3 Å². The average molecular weight is 410 g/mol. The second-order valence-corrected chi connectivity index (χ2v) is 8.04. The topological polar surface area (TPSA) is 54.4 Å². The molecule has 31 heavy (non-hydrogen) atoms. The lowest BCUT2D eigenvalue weighted by Gasteiger charge is -2.20. The normalized spacial score (nSPS) is 17.5. The van der Waals surface area contributed by atoms with Crippen LogP contribution in [0, 0.1) is 0 Å². The summed E-state index contributed by atoms with van der Waals surface area (Å²) in [6.07, 6.45) is 9.65. The van der Waals surface area contributed by atoms with Gasteiger partial charge in [0.05, 0.1) is 11.1 Å². The van der Waals surface area contributed by atoms with Crippen molar-refractivity contribution in [1.29, 1.82) is 0 Å². The molecule has 1 atom stereocenters. The largest absolute Gasteiger partial charge is 0.349 e. The number of hydrogen-bond acceptors (Lipinski definition) is 3. The monoisotopic (exact) mass is 409 g/mol. The maximum Gasteiger partial charge on any atom is 0.253 e. The molecule has 1 N–H and O–H groups in total. The highest BCUT2D eigenvalue weighted by Crippen LogP contribution is 2.37. The lowest BCUT2D eigenvalue weighted by molar-refractivity contribution is 0.0958. The number of carbonyl (C=O) groups is 1. The quantitative estimate of drug-likeness (QED) is 0.525. The molecule has 0 radical (unpaired) electrons. The summed E-state index contributed by atoms with van der Waals surface area (Å²) in [5, 5.41) is 3.72. The summed E-state index contributed by atoms with van der Waals surface area (Å²) in [5.74, 6) is -0.153. The lowest BCUT2D eigenvalue weighted by Crippen LogP contribution is -2.23. The second-order valence-electron chi connectivity index (χ2n) is 8.04. The average Bonchev–Trinajstić information content (AvgIpc) is 3.20. The second kappa shape index (κ2) is 8.68. The highest BCUT2D eigenvalue weighted by molar-refractivity contribution is 6.13. The van der Waals surface area contributed by atoms with Crippen LogP contribution in [0.2, 0.25) is 0 Å². The Morgan fingerprint density at radius 1 is 1.19 bits per heavy atom. The summed E-state index contributed by atoms with van der Waals surface area (Å²) in [6.45, 7) is 8.38. The van der Waals surface area contributed by atoms with Gasteiger partial charge in [-0.1, -0.05) is 49.8 Å². The van der Waals surface area contributed by atoms with Crippen LogP contribution in [-0.2, 0) is 12.0 Å². The molecule has 2 aromatic carbocycles. The third kappa shape index (κ3) is 4.19. The van der Waals surface area contributed by atoms with Gasteiger partial charge in [-0.25, -0.2) is 0 Å². The van der Waals surface area contributed by atoms with E-state index in [1.54, 1.807) is 12.3 Å². The summed E-state index contributed by atoms with van der Waals surface area (Å²) in [6, 6.07) is 16.6. The van der Waals surface area contributed by atoms with E-state index in [-0.39, 0.29) is 5.91 Å². The van der Waals surface area contributed by atoms with Crippen molar-refractivity contribution in [2.24, 2.45) is 4.99 Å². The first kappa shape index (κ1) is 20.7. The van der Waals surface area contributed by atoms with E-state index in [9.17, 15) is 4.79 Å². The zero-order chi connectivity index (χ0) is 21.8. The summed E-state index contributed by atoms with van der Waals surface area (Å²) in [7, 11) is 0. The molecule has 1 unspecified atom stereocenters. The molecular weight excluding hydrogens is 382 g/mol. The van der Waals surface area contributed by atoms with E-state index in [0.29, 0.717) is 12.1 Å². The van der Waals surface area contributed by atoms with Crippen LogP contribution in [0.1, 0.15) is 47.3 Å². The summed E-state index contributed by atoms with van der Waals surface area (Å²) in [4.78, 5) is 21.6. The number of amides is 1. The third-order valence-corrected chi connectivity index (χ3v) is 5.69. The van der Waals surface area contributed by atoms with Gasteiger partial charge >= 0.3 is 0 Å². The number of benzene rings is 2. The number of carbonyl (C=O) groups excluding carboxylic acids is 1. The number of fused-ring (bicyclic) bond motifs is 1. The molecule has 1 aliphatic rings. The van der Waals surface area contributed by atoms with Crippen molar-refractivity contribution in [3.05, 3.63) is 95.7 Å². The van der Waals surface area contributed by atoms with Crippen LogP contribution >= 0.6 is 0 Å². The zero-order valence-corrected chi connectivity index (χ0v) is 18.1. The molecule has 3 aromatic rings. The molecule has 0 fully saturated rings. The summed E-state index contributed by atoms with van der Waals surface area (Å²) in [5.41, 5.74) is 5.77. The standard InChI is InChI=1S/C27H27N3O/c1-4-8-19-9-6-7-10-24(19)22-16-27(3,30-18-22)23-11-12-25-20(15-23)14-21(17-29-25)26(31)28-13-5-2/h5-7,9-12,14-18H,2,4,8,13H2,1,3H3,(H,28,31). The minimum absolute atomic E-state index is 0.153. The molecule has 0 bridgehead atoms. The fraction of sp³-hybridized carbons (Fsp3) is 0.222. The molecule has 4 nitrogen and oxygen atoms in total. The Labute approximate surface area is 183 Å². The molecule has 1 amide bonds. The van der Waals surface area contributed by atoms with Crippen molar-refractivity contribution in [3.63, 3.8) is 0 Å². The van der Waals surface area contributed by atoms with Crippen molar-refractivity contribution < 1.29 is 4.79 Å². The smallest absolute Gasteiger partial charge is 0.253 e. The van der Waals surface area contributed by atoms with Crippen LogP contribution in [0.5, 0.6) is 0 Å². The first-order chi connectivity index (χ1) is 15.0. The number of aromatic nitrogens is 1. The molecule has 4 heteroatoms. The van der Waals surface area contributed by atoms with Gasteiger partial charge in [0, 0.05) is 24.3 Å². The molecule has 0 aliphatic carbocycles. The fourth-order valence-electron chi connectivity index (χ4n) is 4.01. The Balaban J connectivity index is 1.69. The highest BCUT2D eigenvalue weighted by atomic mass is 16.1. The first-order valence-electron chi connectivity index (χ1n) is 10.7. The van der Waals surface area contributed by atoms with Crippen molar-refractivity contribution in [2.75, 3.05) is 6.54 Å². The molecule has 0 saturated carbocycles. The number of nitrogens with zero attached hydrogens (tertiary/aromatic N) is 2. The zero-order valence-electron chi connectivity index (χ0n) is 18.1. The van der Waals surface area contributed by atoms with E-state index in [0.717, 1.165) is 34.9 Å². The van der Waals surface area contributed by atoms with Gasteiger partial charge in [0.1, 0.15) is 5.54 Å². The number of hydrogen-bond donors (Lipinski definition) is 1. The third-order valence-electron chi connectivity index (χ3n) is 5.69. The van der Waals surface area contributed by atoms with E-state index >= 15 is 0 Å². The van der Waals surface area contributed by atoms with Gasteiger partial charge in [0.15, 0.2) is 0 Å². The number of rotatable bonds is 7. The van der Waals surface area contributed by atoms with Crippen molar-refractivity contribution in [2.45, 2.75) is 32.2 Å². The molecule has 4 rings (SSSR count). The van der Waals surface area contributed by atoms with Gasteiger partial charge < -0.3 is 5.32 Å². The molecule has 1 aliphatic heterocycles. The Morgan fingerprint density at radius 2 is 2.03 bits per heavy atom.